The average molecular weight is 486 g/mol. The molecule has 10 heteroatoms. The Kier molecular flexibility index (Phi) is 6.58. The molecule has 1 atom stereocenters. The zero-order valence-electron chi connectivity index (χ0n) is 18.9. The molecular weight excluding hydrogens is 458 g/mol. The number of pyridine rings is 1. The zero-order chi connectivity index (χ0) is 23.9. The van der Waals surface area contributed by atoms with Gasteiger partial charge in [0.05, 0.1) is 10.5 Å². The summed E-state index contributed by atoms with van der Waals surface area (Å²) < 4.78 is 2.00. The number of carbonyl (C=O) groups is 2. The number of amides is 2. The Balaban J connectivity index is 1.83. The van der Waals surface area contributed by atoms with Gasteiger partial charge in [-0.15, -0.1) is 0 Å². The van der Waals surface area contributed by atoms with Crippen LogP contribution in [0.3, 0.4) is 0 Å². The third kappa shape index (κ3) is 4.29. The Bertz CT molecular complexity index is 1230. The highest BCUT2D eigenvalue weighted by atomic mass is 32.2. The molecule has 8 nitrogen and oxygen atoms in total. The van der Waals surface area contributed by atoms with Crippen LogP contribution in [0.1, 0.15) is 44.2 Å². The van der Waals surface area contributed by atoms with Crippen molar-refractivity contribution in [3.63, 3.8) is 0 Å². The monoisotopic (exact) mass is 485 g/mol. The van der Waals surface area contributed by atoms with Gasteiger partial charge in [-0.25, -0.2) is 4.98 Å². The summed E-state index contributed by atoms with van der Waals surface area (Å²) in [6.07, 6.45) is 5.28. The van der Waals surface area contributed by atoms with Gasteiger partial charge in [-0.2, -0.15) is 0 Å². The Morgan fingerprint density at radius 1 is 1.36 bits per heavy atom. The molecule has 0 radical (unpaired) electrons. The van der Waals surface area contributed by atoms with Crippen LogP contribution in [0.2, 0.25) is 0 Å². The highest BCUT2D eigenvalue weighted by Gasteiger charge is 2.35. The molecule has 0 spiro atoms. The van der Waals surface area contributed by atoms with Crippen molar-refractivity contribution >= 4 is 57.7 Å². The number of nitrogens with zero attached hydrogens (tertiary/aromatic N) is 4. The van der Waals surface area contributed by atoms with Gasteiger partial charge in [0.2, 0.25) is 5.91 Å². The number of aromatic nitrogens is 2. The number of aryl methyl sites for hydroxylation is 1. The van der Waals surface area contributed by atoms with Crippen LogP contribution in [0.4, 0.5) is 5.82 Å². The normalized spacial score (nSPS) is 19.7. The first-order valence-corrected chi connectivity index (χ1v) is 12.3. The predicted octanol–water partition coefficient (Wildman–Crippen LogP) is 2.70. The lowest BCUT2D eigenvalue weighted by Crippen LogP contribution is -2.40. The number of fused-ring (bicyclic) bond motifs is 1. The minimum absolute atomic E-state index is 0.0193. The van der Waals surface area contributed by atoms with Gasteiger partial charge in [-0.05, 0) is 50.8 Å². The molecule has 2 aromatic heterocycles. The highest BCUT2D eigenvalue weighted by molar-refractivity contribution is 8.26. The number of rotatable bonds is 5. The van der Waals surface area contributed by atoms with Crippen molar-refractivity contribution in [2.24, 2.45) is 11.7 Å². The standard InChI is InChI=1S/C23H27N5O3S2/c1-4-14(3)28-22(31)17(33-23(28)32)12-16-20(26-10-7-15(8-11-26)18(24)29)25-19-13(2)6-5-9-27(19)21(16)30/h5-6,9,12,14-15H,4,7-8,10-11H2,1-3H3,(H2,24,29)/b17-12-. The lowest BCUT2D eigenvalue weighted by molar-refractivity contribution is -0.123. The van der Waals surface area contributed by atoms with Gasteiger partial charge in [0.15, 0.2) is 0 Å². The molecule has 2 aliphatic rings. The zero-order valence-corrected chi connectivity index (χ0v) is 20.5. The molecule has 4 heterocycles. The molecule has 2 N–H and O–H groups in total. The van der Waals surface area contributed by atoms with Crippen molar-refractivity contribution in [1.29, 1.82) is 0 Å². The molecule has 0 aliphatic carbocycles. The molecule has 1 unspecified atom stereocenters. The number of carbonyl (C=O) groups excluding carboxylic acids is 2. The molecular formula is C23H27N5O3S2. The van der Waals surface area contributed by atoms with Crippen molar-refractivity contribution < 1.29 is 9.59 Å². The molecule has 2 aliphatic heterocycles. The van der Waals surface area contributed by atoms with Crippen LogP contribution in [0.25, 0.3) is 11.7 Å². The number of thioether (sulfide) groups is 1. The Hall–Kier alpha value is -2.72. The van der Waals surface area contributed by atoms with Crippen LogP contribution in [0.15, 0.2) is 28.0 Å². The minimum atomic E-state index is -0.300. The first-order chi connectivity index (χ1) is 15.7. The molecule has 2 saturated heterocycles. The van der Waals surface area contributed by atoms with Crippen molar-refractivity contribution in [2.75, 3.05) is 18.0 Å². The summed E-state index contributed by atoms with van der Waals surface area (Å²) in [5.41, 5.74) is 7.04. The van der Waals surface area contributed by atoms with E-state index < -0.39 is 0 Å². The second-order valence-electron chi connectivity index (χ2n) is 8.51. The van der Waals surface area contributed by atoms with Gasteiger partial charge in [-0.1, -0.05) is 37.0 Å². The molecule has 0 saturated carbocycles. The van der Waals surface area contributed by atoms with Gasteiger partial charge in [-0.3, -0.25) is 23.7 Å². The fourth-order valence-corrected chi connectivity index (χ4v) is 5.66. The van der Waals surface area contributed by atoms with E-state index in [-0.39, 0.29) is 29.3 Å². The van der Waals surface area contributed by atoms with Crippen molar-refractivity contribution in [3.8, 4) is 0 Å². The fourth-order valence-electron chi connectivity index (χ4n) is 4.22. The van der Waals surface area contributed by atoms with E-state index >= 15 is 0 Å². The van der Waals surface area contributed by atoms with E-state index in [4.69, 9.17) is 22.9 Å². The number of hydrogen-bond donors (Lipinski definition) is 1. The number of anilines is 1. The van der Waals surface area contributed by atoms with Crippen molar-refractivity contribution in [3.05, 3.63) is 44.7 Å². The van der Waals surface area contributed by atoms with E-state index in [9.17, 15) is 14.4 Å². The van der Waals surface area contributed by atoms with Crippen LogP contribution in [-0.2, 0) is 9.59 Å². The molecule has 2 fully saturated rings. The summed E-state index contributed by atoms with van der Waals surface area (Å²) in [5.74, 6) is -0.150. The van der Waals surface area contributed by atoms with Gasteiger partial charge < -0.3 is 10.6 Å². The second-order valence-corrected chi connectivity index (χ2v) is 10.2. The Labute approximate surface area is 201 Å². The SMILES string of the molecule is CCC(C)N1C(=O)/C(=C/c2c(N3CCC(C(N)=O)CC3)nc3c(C)cccn3c2=O)SC1=S. The van der Waals surface area contributed by atoms with E-state index in [1.54, 1.807) is 23.2 Å². The van der Waals surface area contributed by atoms with E-state index in [1.165, 1.54) is 16.2 Å². The van der Waals surface area contributed by atoms with Crippen LogP contribution in [-0.4, -0.2) is 49.6 Å². The molecule has 4 rings (SSSR count). The molecule has 174 valence electrons. The summed E-state index contributed by atoms with van der Waals surface area (Å²) in [7, 11) is 0. The average Bonchev–Trinajstić information content (AvgIpc) is 3.08. The largest absolute Gasteiger partial charge is 0.369 e. The van der Waals surface area contributed by atoms with Gasteiger partial charge in [0, 0.05) is 31.2 Å². The maximum absolute atomic E-state index is 13.6. The van der Waals surface area contributed by atoms with Crippen LogP contribution in [0, 0.1) is 12.8 Å². The highest BCUT2D eigenvalue weighted by Crippen LogP contribution is 2.35. The van der Waals surface area contributed by atoms with Crippen LogP contribution >= 0.6 is 24.0 Å². The van der Waals surface area contributed by atoms with Crippen molar-refractivity contribution in [2.45, 2.75) is 46.1 Å². The summed E-state index contributed by atoms with van der Waals surface area (Å²) in [6, 6.07) is 3.69. The van der Waals surface area contributed by atoms with E-state index in [0.29, 0.717) is 52.2 Å². The van der Waals surface area contributed by atoms with E-state index in [1.807, 2.05) is 31.7 Å². The summed E-state index contributed by atoms with van der Waals surface area (Å²) in [6.45, 7) is 6.97. The molecule has 0 aromatic carbocycles. The van der Waals surface area contributed by atoms with E-state index in [0.717, 1.165) is 12.0 Å². The van der Waals surface area contributed by atoms with Crippen LogP contribution < -0.4 is 16.2 Å². The molecule has 33 heavy (non-hydrogen) atoms. The molecule has 2 aromatic rings. The number of nitrogens with two attached hydrogens (primary N) is 1. The lowest BCUT2D eigenvalue weighted by atomic mass is 9.96. The van der Waals surface area contributed by atoms with Crippen molar-refractivity contribution in [1.82, 2.24) is 14.3 Å². The van der Waals surface area contributed by atoms with E-state index in [2.05, 4.69) is 0 Å². The second kappa shape index (κ2) is 9.26. The first-order valence-electron chi connectivity index (χ1n) is 11.1. The lowest BCUT2D eigenvalue weighted by Gasteiger charge is -2.32. The van der Waals surface area contributed by atoms with Gasteiger partial charge in [0.1, 0.15) is 15.8 Å². The third-order valence-corrected chi connectivity index (χ3v) is 7.72. The quantitative estimate of drug-likeness (QED) is 0.513. The van der Waals surface area contributed by atoms with Crippen LogP contribution in [0.5, 0.6) is 0 Å². The van der Waals surface area contributed by atoms with Gasteiger partial charge in [0.25, 0.3) is 11.5 Å². The maximum atomic E-state index is 13.6. The van der Waals surface area contributed by atoms with Gasteiger partial charge >= 0.3 is 0 Å². The number of hydrogen-bond acceptors (Lipinski definition) is 7. The molecule has 0 bridgehead atoms. The molecule has 2 amide bonds. The fraction of sp³-hybridized carbons (Fsp3) is 0.435. The maximum Gasteiger partial charge on any atom is 0.267 e. The smallest absolute Gasteiger partial charge is 0.267 e. The minimum Gasteiger partial charge on any atom is -0.369 e. The number of thiocarbonyl (C=S) groups is 1. The Morgan fingerprint density at radius 2 is 2.06 bits per heavy atom. The first kappa shape index (κ1) is 23.4. The third-order valence-electron chi connectivity index (χ3n) is 6.39. The number of piperidine rings is 1. The topological polar surface area (TPSA) is 101 Å². The Morgan fingerprint density at radius 3 is 2.70 bits per heavy atom. The summed E-state index contributed by atoms with van der Waals surface area (Å²) in [5, 5.41) is 0. The number of primary amides is 1. The summed E-state index contributed by atoms with van der Waals surface area (Å²) in [4.78, 5) is 47.2. The predicted molar refractivity (Wildman–Crippen MR) is 135 cm³/mol. The summed E-state index contributed by atoms with van der Waals surface area (Å²) >= 11 is 6.66.